The highest BCUT2D eigenvalue weighted by atomic mass is 35.5. The number of carbonyl (C=O) groups excluding carboxylic acids is 1. The quantitative estimate of drug-likeness (QED) is 0.896. The first-order valence-corrected chi connectivity index (χ1v) is 6.78. The van der Waals surface area contributed by atoms with Gasteiger partial charge in [0.15, 0.2) is 0 Å². The smallest absolute Gasteiger partial charge is 0.307 e. The molecular formula is C14H16ClNO4. The number of anilines is 1. The summed E-state index contributed by atoms with van der Waals surface area (Å²) >= 11 is 5.98. The largest absolute Gasteiger partial charge is 0.495 e. The molecule has 0 aromatic heterocycles. The van der Waals surface area contributed by atoms with Gasteiger partial charge in [0, 0.05) is 5.69 Å². The third kappa shape index (κ3) is 3.04. The number of hydrogen-bond acceptors (Lipinski definition) is 3. The lowest BCUT2D eigenvalue weighted by Gasteiger charge is -2.16. The van der Waals surface area contributed by atoms with Crippen LogP contribution in [0.25, 0.3) is 0 Å². The number of carboxylic acids is 1. The minimum absolute atomic E-state index is 0.267. The van der Waals surface area contributed by atoms with Crippen molar-refractivity contribution in [1.29, 1.82) is 0 Å². The maximum absolute atomic E-state index is 12.1. The molecule has 1 aliphatic rings. The van der Waals surface area contributed by atoms with E-state index in [0.29, 0.717) is 29.3 Å². The van der Waals surface area contributed by atoms with Crippen molar-refractivity contribution < 1.29 is 19.4 Å². The van der Waals surface area contributed by atoms with Crippen LogP contribution in [0.5, 0.6) is 5.75 Å². The van der Waals surface area contributed by atoms with Gasteiger partial charge >= 0.3 is 5.97 Å². The number of benzene rings is 1. The third-order valence-corrected chi connectivity index (χ3v) is 3.88. The molecule has 1 amide bonds. The predicted octanol–water partition coefficient (Wildman–Crippen LogP) is 2.79. The fraction of sp³-hybridized carbons (Fsp3) is 0.429. The second-order valence-electron chi connectivity index (χ2n) is 4.82. The van der Waals surface area contributed by atoms with E-state index >= 15 is 0 Å². The van der Waals surface area contributed by atoms with Gasteiger partial charge in [-0.1, -0.05) is 18.0 Å². The SMILES string of the molecule is COc1ccc(NC(=O)[C@@H]2CCC[C@@H]2C(=O)O)cc1Cl. The molecule has 1 saturated carbocycles. The first-order valence-electron chi connectivity index (χ1n) is 6.40. The fourth-order valence-corrected chi connectivity index (χ4v) is 2.81. The molecule has 1 aliphatic carbocycles. The molecule has 0 aliphatic heterocycles. The monoisotopic (exact) mass is 297 g/mol. The van der Waals surface area contributed by atoms with Crippen LogP contribution in [0, 0.1) is 11.8 Å². The second-order valence-corrected chi connectivity index (χ2v) is 5.23. The summed E-state index contributed by atoms with van der Waals surface area (Å²) in [6.07, 6.45) is 1.92. The molecule has 0 saturated heterocycles. The van der Waals surface area contributed by atoms with Crippen molar-refractivity contribution in [3.05, 3.63) is 23.2 Å². The van der Waals surface area contributed by atoms with Crippen molar-refractivity contribution in [2.75, 3.05) is 12.4 Å². The van der Waals surface area contributed by atoms with Crippen LogP contribution in [0.3, 0.4) is 0 Å². The molecule has 0 heterocycles. The van der Waals surface area contributed by atoms with Gasteiger partial charge in [-0.3, -0.25) is 9.59 Å². The Morgan fingerprint density at radius 2 is 2.05 bits per heavy atom. The molecule has 0 bridgehead atoms. The van der Waals surface area contributed by atoms with E-state index in [4.69, 9.17) is 21.4 Å². The molecule has 0 spiro atoms. The van der Waals surface area contributed by atoms with Crippen molar-refractivity contribution >= 4 is 29.2 Å². The van der Waals surface area contributed by atoms with Crippen molar-refractivity contribution in [2.45, 2.75) is 19.3 Å². The molecule has 6 heteroatoms. The molecule has 20 heavy (non-hydrogen) atoms. The van der Waals surface area contributed by atoms with Crippen molar-refractivity contribution in [1.82, 2.24) is 0 Å². The number of carbonyl (C=O) groups is 2. The summed E-state index contributed by atoms with van der Waals surface area (Å²) in [5.41, 5.74) is 0.539. The van der Waals surface area contributed by atoms with Crippen LogP contribution in [-0.2, 0) is 9.59 Å². The van der Waals surface area contributed by atoms with E-state index in [-0.39, 0.29) is 5.91 Å². The molecule has 1 aromatic rings. The number of hydrogen-bond donors (Lipinski definition) is 2. The lowest BCUT2D eigenvalue weighted by Crippen LogP contribution is -2.29. The molecule has 0 unspecified atom stereocenters. The topological polar surface area (TPSA) is 75.6 Å². The van der Waals surface area contributed by atoms with Crippen molar-refractivity contribution in [3.8, 4) is 5.75 Å². The Labute approximate surface area is 121 Å². The van der Waals surface area contributed by atoms with Gasteiger partial charge in [-0.2, -0.15) is 0 Å². The molecule has 0 radical (unpaired) electrons. The van der Waals surface area contributed by atoms with Crippen LogP contribution in [0.4, 0.5) is 5.69 Å². The number of rotatable bonds is 4. The van der Waals surface area contributed by atoms with Gasteiger partial charge in [-0.15, -0.1) is 0 Å². The standard InChI is InChI=1S/C14H16ClNO4/c1-20-12-6-5-8(7-11(12)15)16-13(17)9-3-2-4-10(9)14(18)19/h5-7,9-10H,2-4H2,1H3,(H,16,17)(H,18,19)/t9-,10+/m1/s1. The molecule has 2 N–H and O–H groups in total. The Kier molecular flexibility index (Phi) is 4.49. The predicted molar refractivity (Wildman–Crippen MR) is 75.1 cm³/mol. The van der Waals surface area contributed by atoms with Crippen molar-refractivity contribution in [2.24, 2.45) is 11.8 Å². The highest BCUT2D eigenvalue weighted by Crippen LogP contribution is 2.33. The number of methoxy groups -OCH3 is 1. The summed E-state index contributed by atoms with van der Waals surface area (Å²) in [5, 5.41) is 12.2. The zero-order valence-corrected chi connectivity index (χ0v) is 11.8. The third-order valence-electron chi connectivity index (χ3n) is 3.59. The van der Waals surface area contributed by atoms with Gasteiger partial charge in [0.05, 0.1) is 24.0 Å². The number of ether oxygens (including phenoxy) is 1. The number of carboxylic acid groups (broad SMARTS) is 1. The molecule has 108 valence electrons. The van der Waals surface area contributed by atoms with Crippen LogP contribution in [-0.4, -0.2) is 24.1 Å². The summed E-state index contributed by atoms with van der Waals surface area (Å²) in [6, 6.07) is 4.91. The highest BCUT2D eigenvalue weighted by Gasteiger charge is 2.37. The summed E-state index contributed by atoms with van der Waals surface area (Å²) in [6.45, 7) is 0. The fourth-order valence-electron chi connectivity index (χ4n) is 2.55. The van der Waals surface area contributed by atoms with Crippen molar-refractivity contribution in [3.63, 3.8) is 0 Å². The van der Waals surface area contributed by atoms with Crippen LogP contribution in [0.2, 0.25) is 5.02 Å². The summed E-state index contributed by atoms with van der Waals surface area (Å²) < 4.78 is 5.03. The second kappa shape index (κ2) is 6.13. The molecule has 5 nitrogen and oxygen atoms in total. The van der Waals surface area contributed by atoms with Gasteiger partial charge in [0.1, 0.15) is 5.75 Å². The molecular weight excluding hydrogens is 282 g/mol. The lowest BCUT2D eigenvalue weighted by molar-refractivity contribution is -0.145. The van der Waals surface area contributed by atoms with E-state index < -0.39 is 17.8 Å². The average molecular weight is 298 g/mol. The van der Waals surface area contributed by atoms with Crippen LogP contribution in [0.15, 0.2) is 18.2 Å². The number of amides is 1. The minimum atomic E-state index is -0.907. The lowest BCUT2D eigenvalue weighted by atomic mass is 9.95. The van der Waals surface area contributed by atoms with Gasteiger partial charge in [0.2, 0.25) is 5.91 Å². The number of nitrogens with one attached hydrogen (secondary N) is 1. The average Bonchev–Trinajstić information content (AvgIpc) is 2.88. The highest BCUT2D eigenvalue weighted by molar-refractivity contribution is 6.32. The summed E-state index contributed by atoms with van der Waals surface area (Å²) in [4.78, 5) is 23.2. The van der Waals surface area contributed by atoms with E-state index in [1.807, 2.05) is 0 Å². The van der Waals surface area contributed by atoms with Gasteiger partial charge < -0.3 is 15.2 Å². The Morgan fingerprint density at radius 1 is 1.35 bits per heavy atom. The normalized spacial score (nSPS) is 21.5. The summed E-state index contributed by atoms with van der Waals surface area (Å²) in [5.74, 6) is -1.72. The molecule has 2 atom stereocenters. The van der Waals surface area contributed by atoms with Crippen LogP contribution in [0.1, 0.15) is 19.3 Å². The zero-order chi connectivity index (χ0) is 14.7. The van der Waals surface area contributed by atoms with Gasteiger partial charge in [-0.25, -0.2) is 0 Å². The Hall–Kier alpha value is -1.75. The Bertz CT molecular complexity index is 532. The first-order chi connectivity index (χ1) is 9.52. The van der Waals surface area contributed by atoms with E-state index in [1.54, 1.807) is 18.2 Å². The minimum Gasteiger partial charge on any atom is -0.495 e. The first kappa shape index (κ1) is 14.7. The van der Waals surface area contributed by atoms with E-state index in [0.717, 1.165) is 6.42 Å². The summed E-state index contributed by atoms with van der Waals surface area (Å²) in [7, 11) is 1.51. The Balaban J connectivity index is 2.08. The van der Waals surface area contributed by atoms with Crippen LogP contribution >= 0.6 is 11.6 Å². The van der Waals surface area contributed by atoms with E-state index in [9.17, 15) is 9.59 Å². The molecule has 1 aromatic carbocycles. The number of halogens is 1. The maximum atomic E-state index is 12.1. The maximum Gasteiger partial charge on any atom is 0.307 e. The van der Waals surface area contributed by atoms with Gasteiger partial charge in [0.25, 0.3) is 0 Å². The van der Waals surface area contributed by atoms with E-state index in [1.165, 1.54) is 7.11 Å². The Morgan fingerprint density at radius 3 is 2.65 bits per heavy atom. The van der Waals surface area contributed by atoms with Crippen LogP contribution < -0.4 is 10.1 Å². The molecule has 1 fully saturated rings. The number of aliphatic carboxylic acids is 1. The van der Waals surface area contributed by atoms with Gasteiger partial charge in [-0.05, 0) is 31.0 Å². The molecule has 2 rings (SSSR count). The van der Waals surface area contributed by atoms with E-state index in [2.05, 4.69) is 5.32 Å². The zero-order valence-electron chi connectivity index (χ0n) is 11.1.